The lowest BCUT2D eigenvalue weighted by atomic mass is 10.2. The maximum Gasteiger partial charge on any atom is 0.154 e. The second kappa shape index (κ2) is 4.55. The molecule has 5 nitrogen and oxygen atoms in total. The summed E-state index contributed by atoms with van der Waals surface area (Å²) in [5.41, 5.74) is 6.26. The van der Waals surface area contributed by atoms with Gasteiger partial charge in [-0.25, -0.2) is 0 Å². The Kier molecular flexibility index (Phi) is 2.94. The van der Waals surface area contributed by atoms with Crippen molar-refractivity contribution in [2.45, 2.75) is 0 Å². The molecule has 0 spiro atoms. The average Bonchev–Trinajstić information content (AvgIpc) is 2.34. The Balaban J connectivity index is 2.43. The highest BCUT2D eigenvalue weighted by atomic mass is 16.5. The zero-order valence-electron chi connectivity index (χ0n) is 9.29. The summed E-state index contributed by atoms with van der Waals surface area (Å²) in [6.07, 6.45) is 0. The molecule has 5 heteroatoms. The van der Waals surface area contributed by atoms with E-state index >= 15 is 0 Å². The Bertz CT molecular complexity index is 633. The van der Waals surface area contributed by atoms with Crippen LogP contribution in [0.1, 0.15) is 5.56 Å². The van der Waals surface area contributed by atoms with Gasteiger partial charge in [0.2, 0.25) is 0 Å². The van der Waals surface area contributed by atoms with Gasteiger partial charge >= 0.3 is 0 Å². The minimum absolute atomic E-state index is 0.00198. The van der Waals surface area contributed by atoms with E-state index in [-0.39, 0.29) is 28.6 Å². The van der Waals surface area contributed by atoms with Crippen molar-refractivity contribution in [3.8, 4) is 29.1 Å². The highest BCUT2D eigenvalue weighted by Crippen LogP contribution is 2.33. The van der Waals surface area contributed by atoms with Crippen LogP contribution >= 0.6 is 0 Å². The van der Waals surface area contributed by atoms with Gasteiger partial charge in [-0.3, -0.25) is 0 Å². The average molecular weight is 242 g/mol. The normalized spacial score (nSPS) is 9.72. The fourth-order valence-corrected chi connectivity index (χ4v) is 1.42. The van der Waals surface area contributed by atoms with Crippen LogP contribution in [0.4, 0.5) is 5.69 Å². The van der Waals surface area contributed by atoms with Crippen molar-refractivity contribution in [3.63, 3.8) is 0 Å². The van der Waals surface area contributed by atoms with Gasteiger partial charge < -0.3 is 20.7 Å². The number of ether oxygens (including phenoxy) is 1. The van der Waals surface area contributed by atoms with E-state index in [1.54, 1.807) is 0 Å². The van der Waals surface area contributed by atoms with Crippen molar-refractivity contribution in [1.82, 2.24) is 0 Å². The summed E-state index contributed by atoms with van der Waals surface area (Å²) < 4.78 is 5.43. The van der Waals surface area contributed by atoms with E-state index in [9.17, 15) is 10.2 Å². The minimum atomic E-state index is -0.0253. The predicted molar refractivity (Wildman–Crippen MR) is 65.4 cm³/mol. The summed E-state index contributed by atoms with van der Waals surface area (Å²) in [5, 5.41) is 27.6. The number of anilines is 1. The molecule has 0 heterocycles. The van der Waals surface area contributed by atoms with Gasteiger partial charge in [0, 0.05) is 12.1 Å². The first-order chi connectivity index (χ1) is 8.60. The Morgan fingerprint density at radius 2 is 1.61 bits per heavy atom. The molecule has 0 saturated heterocycles. The lowest BCUT2D eigenvalue weighted by Gasteiger charge is -2.10. The number of aromatic hydroxyl groups is 2. The Morgan fingerprint density at radius 1 is 1.00 bits per heavy atom. The monoisotopic (exact) mass is 242 g/mol. The molecule has 0 aromatic heterocycles. The van der Waals surface area contributed by atoms with Gasteiger partial charge in [-0.2, -0.15) is 5.26 Å². The third-order valence-corrected chi connectivity index (χ3v) is 2.30. The number of hydrogen-bond donors (Lipinski definition) is 3. The number of benzene rings is 2. The molecule has 90 valence electrons. The number of phenolic OH excluding ortho intramolecular Hbond substituents is 2. The van der Waals surface area contributed by atoms with E-state index in [4.69, 9.17) is 15.7 Å². The van der Waals surface area contributed by atoms with Gasteiger partial charge in [0.15, 0.2) is 5.75 Å². The molecule has 2 aromatic carbocycles. The van der Waals surface area contributed by atoms with Gasteiger partial charge in [-0.15, -0.1) is 0 Å². The standard InChI is InChI=1S/C13H10N2O3/c14-7-8-1-2-9(16)5-12(8)18-13-6-10(17)3-4-11(13)15/h1-6,16-17H,15H2. The summed E-state index contributed by atoms with van der Waals surface area (Å²) in [7, 11) is 0. The number of hydrogen-bond acceptors (Lipinski definition) is 5. The summed E-state index contributed by atoms with van der Waals surface area (Å²) in [6, 6.07) is 10.3. The SMILES string of the molecule is N#Cc1ccc(O)cc1Oc1cc(O)ccc1N. The Hall–Kier alpha value is -2.87. The van der Waals surface area contributed by atoms with Crippen molar-refractivity contribution in [3.05, 3.63) is 42.0 Å². The second-order valence-electron chi connectivity index (χ2n) is 3.62. The largest absolute Gasteiger partial charge is 0.508 e. The molecule has 0 aliphatic rings. The molecular formula is C13H10N2O3. The summed E-state index contributed by atoms with van der Waals surface area (Å²) in [5.74, 6) is 0.368. The highest BCUT2D eigenvalue weighted by molar-refractivity contribution is 5.58. The van der Waals surface area contributed by atoms with Gasteiger partial charge in [0.1, 0.15) is 23.3 Å². The third-order valence-electron chi connectivity index (χ3n) is 2.30. The Labute approximate surface area is 103 Å². The lowest BCUT2D eigenvalue weighted by Crippen LogP contribution is -1.93. The first-order valence-electron chi connectivity index (χ1n) is 5.09. The molecule has 18 heavy (non-hydrogen) atoms. The van der Waals surface area contributed by atoms with Crippen LogP contribution in [0.25, 0.3) is 0 Å². The summed E-state index contributed by atoms with van der Waals surface area (Å²) in [6.45, 7) is 0. The number of nitrogens with zero attached hydrogens (tertiary/aromatic N) is 1. The molecule has 0 saturated carbocycles. The molecular weight excluding hydrogens is 232 g/mol. The van der Waals surface area contributed by atoms with Crippen LogP contribution in [0.3, 0.4) is 0 Å². The molecule has 0 unspecified atom stereocenters. The molecule has 0 amide bonds. The van der Waals surface area contributed by atoms with Crippen molar-refractivity contribution in [1.29, 1.82) is 5.26 Å². The smallest absolute Gasteiger partial charge is 0.154 e. The molecule has 0 aliphatic carbocycles. The fraction of sp³-hybridized carbons (Fsp3) is 0. The van der Waals surface area contributed by atoms with E-state index in [0.717, 1.165) is 0 Å². The van der Waals surface area contributed by atoms with Crippen molar-refractivity contribution < 1.29 is 14.9 Å². The molecule has 0 radical (unpaired) electrons. The van der Waals surface area contributed by atoms with Crippen LogP contribution in [-0.4, -0.2) is 10.2 Å². The molecule has 0 bridgehead atoms. The number of nitrogen functional groups attached to an aromatic ring is 1. The van der Waals surface area contributed by atoms with Crippen LogP contribution in [0.15, 0.2) is 36.4 Å². The maximum atomic E-state index is 9.36. The first-order valence-corrected chi connectivity index (χ1v) is 5.09. The van der Waals surface area contributed by atoms with E-state index in [1.807, 2.05) is 6.07 Å². The molecule has 0 atom stereocenters. The lowest BCUT2D eigenvalue weighted by molar-refractivity contribution is 0.446. The maximum absolute atomic E-state index is 9.36. The Morgan fingerprint density at radius 3 is 2.28 bits per heavy atom. The zero-order chi connectivity index (χ0) is 13.1. The number of rotatable bonds is 2. The number of phenols is 2. The van der Waals surface area contributed by atoms with E-state index in [2.05, 4.69) is 0 Å². The first kappa shape index (κ1) is 11.6. The van der Waals surface area contributed by atoms with Crippen LogP contribution in [0.5, 0.6) is 23.0 Å². The van der Waals surface area contributed by atoms with Gasteiger partial charge in [0.25, 0.3) is 0 Å². The predicted octanol–water partition coefficient (Wildman–Crippen LogP) is 2.34. The van der Waals surface area contributed by atoms with Crippen LogP contribution in [0, 0.1) is 11.3 Å². The number of nitriles is 1. The van der Waals surface area contributed by atoms with E-state index < -0.39 is 0 Å². The van der Waals surface area contributed by atoms with Crippen LogP contribution in [-0.2, 0) is 0 Å². The van der Waals surface area contributed by atoms with Gasteiger partial charge in [-0.05, 0) is 24.3 Å². The molecule has 0 fully saturated rings. The second-order valence-corrected chi connectivity index (χ2v) is 3.62. The molecule has 2 rings (SSSR count). The molecule has 4 N–H and O–H groups in total. The van der Waals surface area contributed by atoms with Crippen LogP contribution in [0.2, 0.25) is 0 Å². The topological polar surface area (TPSA) is 99.5 Å². The minimum Gasteiger partial charge on any atom is -0.508 e. The summed E-state index contributed by atoms with van der Waals surface area (Å²) in [4.78, 5) is 0. The van der Waals surface area contributed by atoms with Crippen molar-refractivity contribution >= 4 is 5.69 Å². The third kappa shape index (κ3) is 2.28. The van der Waals surface area contributed by atoms with Crippen molar-refractivity contribution in [2.24, 2.45) is 0 Å². The van der Waals surface area contributed by atoms with Crippen LogP contribution < -0.4 is 10.5 Å². The molecule has 0 aliphatic heterocycles. The van der Waals surface area contributed by atoms with Gasteiger partial charge in [-0.1, -0.05) is 0 Å². The quantitative estimate of drug-likeness (QED) is 0.554. The van der Waals surface area contributed by atoms with Crippen molar-refractivity contribution in [2.75, 3.05) is 5.73 Å². The number of nitrogens with two attached hydrogens (primary N) is 1. The highest BCUT2D eigenvalue weighted by Gasteiger charge is 2.09. The molecule has 2 aromatic rings. The zero-order valence-corrected chi connectivity index (χ0v) is 9.29. The fourth-order valence-electron chi connectivity index (χ4n) is 1.42. The summed E-state index contributed by atoms with van der Waals surface area (Å²) >= 11 is 0. The van der Waals surface area contributed by atoms with E-state index in [0.29, 0.717) is 5.69 Å². The van der Waals surface area contributed by atoms with E-state index in [1.165, 1.54) is 36.4 Å². The van der Waals surface area contributed by atoms with Gasteiger partial charge in [0.05, 0.1) is 11.3 Å².